The molecule has 3 nitrogen and oxygen atoms in total. The van der Waals surface area contributed by atoms with Crippen molar-refractivity contribution >= 4 is 15.9 Å². The molecule has 0 bridgehead atoms. The normalized spacial score (nSPS) is 12.0. The highest BCUT2D eigenvalue weighted by molar-refractivity contribution is 9.10. The van der Waals surface area contributed by atoms with Crippen LogP contribution in [-0.4, -0.2) is 13.2 Å². The van der Waals surface area contributed by atoms with Crippen molar-refractivity contribution in [3.8, 4) is 17.2 Å². The smallest absolute Gasteiger partial charge is 0.166 e. The fourth-order valence-electron chi connectivity index (χ4n) is 1.98. The van der Waals surface area contributed by atoms with Crippen molar-refractivity contribution in [3.63, 3.8) is 0 Å². The van der Waals surface area contributed by atoms with Crippen LogP contribution in [-0.2, 0) is 6.42 Å². The minimum atomic E-state index is -0.407. The molecule has 0 amide bonds. The van der Waals surface area contributed by atoms with Gasteiger partial charge in [0.15, 0.2) is 11.6 Å². The number of nitrogens with two attached hydrogens (primary N) is 1. The van der Waals surface area contributed by atoms with Crippen LogP contribution in [0.15, 0.2) is 40.9 Å². The summed E-state index contributed by atoms with van der Waals surface area (Å²) < 4.78 is 25.6. The van der Waals surface area contributed by atoms with Crippen LogP contribution in [0.25, 0.3) is 0 Å². The van der Waals surface area contributed by atoms with Crippen LogP contribution in [0, 0.1) is 5.82 Å². The molecule has 2 aromatic carbocycles. The van der Waals surface area contributed by atoms with Crippen LogP contribution in [0.3, 0.4) is 0 Å². The largest absolute Gasteiger partial charge is 0.497 e. The van der Waals surface area contributed by atoms with Gasteiger partial charge in [0.05, 0.1) is 11.6 Å². The topological polar surface area (TPSA) is 44.5 Å². The van der Waals surface area contributed by atoms with Gasteiger partial charge in [-0.15, -0.1) is 0 Å². The zero-order valence-electron chi connectivity index (χ0n) is 11.9. The molecule has 5 heteroatoms. The van der Waals surface area contributed by atoms with E-state index in [4.69, 9.17) is 15.2 Å². The number of methoxy groups -OCH3 is 1. The van der Waals surface area contributed by atoms with Crippen LogP contribution in [0.5, 0.6) is 17.2 Å². The van der Waals surface area contributed by atoms with E-state index in [1.54, 1.807) is 31.4 Å². The Labute approximate surface area is 132 Å². The highest BCUT2D eigenvalue weighted by Gasteiger charge is 2.14. The number of ether oxygens (including phenoxy) is 2. The maximum absolute atomic E-state index is 14.1. The summed E-state index contributed by atoms with van der Waals surface area (Å²) in [4.78, 5) is 0. The van der Waals surface area contributed by atoms with Crippen LogP contribution in [0.2, 0.25) is 0 Å². The van der Waals surface area contributed by atoms with Crippen molar-refractivity contribution in [2.75, 3.05) is 7.11 Å². The Hall–Kier alpha value is -1.59. The molecule has 0 spiro atoms. The van der Waals surface area contributed by atoms with E-state index in [-0.39, 0.29) is 11.8 Å². The van der Waals surface area contributed by atoms with E-state index >= 15 is 0 Å². The molecule has 0 aromatic heterocycles. The summed E-state index contributed by atoms with van der Waals surface area (Å²) in [7, 11) is 1.58. The summed E-state index contributed by atoms with van der Waals surface area (Å²) in [6.07, 6.45) is 0.543. The molecule has 0 fully saturated rings. The van der Waals surface area contributed by atoms with Gasteiger partial charge in [0.2, 0.25) is 0 Å². The molecule has 0 aliphatic carbocycles. The predicted octanol–water partition coefficient (Wildman–Crippen LogP) is 4.28. The van der Waals surface area contributed by atoms with E-state index in [1.165, 1.54) is 6.07 Å². The molecule has 2 rings (SSSR count). The van der Waals surface area contributed by atoms with Gasteiger partial charge in [-0.05, 0) is 59.1 Å². The second-order valence-electron chi connectivity index (χ2n) is 4.81. The first-order chi connectivity index (χ1) is 10.0. The van der Waals surface area contributed by atoms with E-state index in [2.05, 4.69) is 15.9 Å². The van der Waals surface area contributed by atoms with Crippen molar-refractivity contribution < 1.29 is 13.9 Å². The van der Waals surface area contributed by atoms with Crippen molar-refractivity contribution in [3.05, 3.63) is 52.3 Å². The summed E-state index contributed by atoms with van der Waals surface area (Å²) in [5.41, 5.74) is 6.54. The van der Waals surface area contributed by atoms with Crippen molar-refractivity contribution in [1.82, 2.24) is 0 Å². The SMILES string of the molecule is COc1ccc(Oc2c(F)cccc2CC(C)N)c(Br)c1. The lowest BCUT2D eigenvalue weighted by Crippen LogP contribution is -2.18. The molecular formula is C16H17BrFNO2. The number of hydrogen-bond acceptors (Lipinski definition) is 3. The van der Waals surface area contributed by atoms with Gasteiger partial charge in [-0.3, -0.25) is 0 Å². The minimum absolute atomic E-state index is 0.0755. The maximum atomic E-state index is 14.1. The van der Waals surface area contributed by atoms with Gasteiger partial charge in [0.25, 0.3) is 0 Å². The lowest BCUT2D eigenvalue weighted by atomic mass is 10.1. The summed E-state index contributed by atoms with van der Waals surface area (Å²) in [6, 6.07) is 10.0. The first-order valence-electron chi connectivity index (χ1n) is 6.55. The third-order valence-electron chi connectivity index (χ3n) is 2.94. The molecule has 0 radical (unpaired) electrons. The van der Waals surface area contributed by atoms with Crippen molar-refractivity contribution in [2.45, 2.75) is 19.4 Å². The monoisotopic (exact) mass is 353 g/mol. The van der Waals surface area contributed by atoms with Gasteiger partial charge in [-0.1, -0.05) is 12.1 Å². The number of rotatable bonds is 5. The molecule has 2 aromatic rings. The molecule has 0 heterocycles. The van der Waals surface area contributed by atoms with Gasteiger partial charge in [0, 0.05) is 6.04 Å². The Kier molecular flexibility index (Phi) is 5.20. The Morgan fingerprint density at radius 1 is 1.29 bits per heavy atom. The second kappa shape index (κ2) is 6.91. The lowest BCUT2D eigenvalue weighted by molar-refractivity contribution is 0.409. The molecule has 0 aliphatic rings. The van der Waals surface area contributed by atoms with E-state index in [0.29, 0.717) is 22.4 Å². The average molecular weight is 354 g/mol. The molecule has 21 heavy (non-hydrogen) atoms. The maximum Gasteiger partial charge on any atom is 0.166 e. The van der Waals surface area contributed by atoms with E-state index in [1.807, 2.05) is 13.0 Å². The Bertz CT molecular complexity index is 632. The summed E-state index contributed by atoms with van der Waals surface area (Å²) >= 11 is 3.39. The molecule has 1 atom stereocenters. The Morgan fingerprint density at radius 2 is 2.05 bits per heavy atom. The molecule has 0 aliphatic heterocycles. The highest BCUT2D eigenvalue weighted by Crippen LogP contribution is 2.35. The molecule has 0 saturated heterocycles. The first kappa shape index (κ1) is 15.8. The zero-order chi connectivity index (χ0) is 15.4. The molecule has 0 saturated carbocycles. The quantitative estimate of drug-likeness (QED) is 0.872. The molecule has 1 unspecified atom stereocenters. The second-order valence-corrected chi connectivity index (χ2v) is 5.66. The summed E-state index contributed by atoms with van der Waals surface area (Å²) in [6.45, 7) is 1.87. The van der Waals surface area contributed by atoms with Crippen LogP contribution in [0.4, 0.5) is 4.39 Å². The zero-order valence-corrected chi connectivity index (χ0v) is 13.5. The van der Waals surface area contributed by atoms with Crippen LogP contribution >= 0.6 is 15.9 Å². The fourth-order valence-corrected chi connectivity index (χ4v) is 2.42. The third-order valence-corrected chi connectivity index (χ3v) is 3.56. The Balaban J connectivity index is 2.34. The van der Waals surface area contributed by atoms with Gasteiger partial charge in [0.1, 0.15) is 11.5 Å². The first-order valence-corrected chi connectivity index (χ1v) is 7.35. The van der Waals surface area contributed by atoms with Gasteiger partial charge >= 0.3 is 0 Å². The number of halogens is 2. The van der Waals surface area contributed by atoms with E-state index < -0.39 is 5.82 Å². The van der Waals surface area contributed by atoms with Gasteiger partial charge < -0.3 is 15.2 Å². The summed E-state index contributed by atoms with van der Waals surface area (Å²) in [5, 5.41) is 0. The number of hydrogen-bond donors (Lipinski definition) is 1. The molecule has 112 valence electrons. The number of para-hydroxylation sites is 1. The fraction of sp³-hybridized carbons (Fsp3) is 0.250. The molecule has 2 N–H and O–H groups in total. The average Bonchev–Trinajstić information content (AvgIpc) is 2.43. The van der Waals surface area contributed by atoms with E-state index in [0.717, 1.165) is 5.56 Å². The van der Waals surface area contributed by atoms with Crippen LogP contribution in [0.1, 0.15) is 12.5 Å². The highest BCUT2D eigenvalue weighted by atomic mass is 79.9. The Morgan fingerprint density at radius 3 is 2.67 bits per heavy atom. The minimum Gasteiger partial charge on any atom is -0.497 e. The van der Waals surface area contributed by atoms with Crippen molar-refractivity contribution in [2.24, 2.45) is 5.73 Å². The van der Waals surface area contributed by atoms with Crippen molar-refractivity contribution in [1.29, 1.82) is 0 Å². The summed E-state index contributed by atoms with van der Waals surface area (Å²) in [5.74, 6) is 1.02. The number of benzene rings is 2. The van der Waals surface area contributed by atoms with Gasteiger partial charge in [-0.2, -0.15) is 0 Å². The molecular weight excluding hydrogens is 337 g/mol. The van der Waals surface area contributed by atoms with E-state index in [9.17, 15) is 4.39 Å². The standard InChI is InChI=1S/C16H17BrFNO2/c1-10(19)8-11-4-3-5-14(18)16(11)21-15-7-6-12(20-2)9-13(15)17/h3-7,9-10H,8,19H2,1-2H3. The third kappa shape index (κ3) is 3.95. The van der Waals surface area contributed by atoms with Gasteiger partial charge in [-0.25, -0.2) is 4.39 Å². The van der Waals surface area contributed by atoms with Crippen LogP contribution < -0.4 is 15.2 Å². The predicted molar refractivity (Wildman–Crippen MR) is 84.5 cm³/mol. The lowest BCUT2D eigenvalue weighted by Gasteiger charge is -2.15.